The van der Waals surface area contributed by atoms with E-state index in [0.717, 1.165) is 44.8 Å². The maximum Gasteiger partial charge on any atom is 0.416 e. The third kappa shape index (κ3) is 4.07. The zero-order chi connectivity index (χ0) is 19.7. The lowest BCUT2D eigenvalue weighted by molar-refractivity contribution is -0.137. The van der Waals surface area contributed by atoms with Crippen LogP contribution in [0.2, 0.25) is 0 Å². The van der Waals surface area contributed by atoms with Crippen LogP contribution >= 0.6 is 11.8 Å². The van der Waals surface area contributed by atoms with Crippen LogP contribution in [-0.2, 0) is 11.9 Å². The van der Waals surface area contributed by atoms with Gasteiger partial charge in [0.25, 0.3) is 0 Å². The lowest BCUT2D eigenvalue weighted by atomic mass is 10.2. The zero-order valence-corrected chi connectivity index (χ0v) is 15.8. The zero-order valence-electron chi connectivity index (χ0n) is 15.0. The highest BCUT2D eigenvalue weighted by Gasteiger charge is 2.30. The van der Waals surface area contributed by atoms with Crippen molar-refractivity contribution in [2.24, 2.45) is 0 Å². The number of aryl methyl sites for hydroxylation is 1. The number of hydrogen-bond acceptors (Lipinski definition) is 2. The van der Waals surface area contributed by atoms with E-state index in [1.165, 1.54) is 12.1 Å². The monoisotopic (exact) mass is 397 g/mol. The van der Waals surface area contributed by atoms with Crippen LogP contribution in [0.25, 0.3) is 16.6 Å². The maximum absolute atomic E-state index is 12.7. The van der Waals surface area contributed by atoms with Gasteiger partial charge in [-0.1, -0.05) is 24.3 Å². The lowest BCUT2D eigenvalue weighted by Crippen LogP contribution is -2.05. The van der Waals surface area contributed by atoms with Gasteiger partial charge in [-0.2, -0.15) is 18.3 Å². The van der Waals surface area contributed by atoms with Crippen molar-refractivity contribution in [3.05, 3.63) is 89.6 Å². The molecule has 0 fully saturated rings. The average Bonchev–Trinajstić information content (AvgIpc) is 3.09. The van der Waals surface area contributed by atoms with Gasteiger partial charge in [-0.05, 0) is 60.5 Å². The van der Waals surface area contributed by atoms with Gasteiger partial charge in [0, 0.05) is 22.2 Å². The van der Waals surface area contributed by atoms with Crippen molar-refractivity contribution in [3.63, 3.8) is 0 Å². The Kier molecular flexibility index (Phi) is 4.89. The Morgan fingerprint density at radius 2 is 1.82 bits per heavy atom. The molecular formula is C22H16F3N2S. The Bertz CT molecular complexity index is 1110. The van der Waals surface area contributed by atoms with Crippen LogP contribution in [-0.4, -0.2) is 9.78 Å². The topological polar surface area (TPSA) is 17.8 Å². The average molecular weight is 397 g/mol. The summed E-state index contributed by atoms with van der Waals surface area (Å²) < 4.78 is 39.8. The first kappa shape index (κ1) is 18.6. The summed E-state index contributed by atoms with van der Waals surface area (Å²) in [6.45, 7) is 2.02. The van der Waals surface area contributed by atoms with E-state index in [-0.39, 0.29) is 0 Å². The van der Waals surface area contributed by atoms with Crippen LogP contribution < -0.4 is 0 Å². The molecule has 0 atom stereocenters. The van der Waals surface area contributed by atoms with Crippen molar-refractivity contribution in [3.8, 4) is 5.69 Å². The van der Waals surface area contributed by atoms with E-state index >= 15 is 0 Å². The third-order valence-corrected chi connectivity index (χ3v) is 5.37. The summed E-state index contributed by atoms with van der Waals surface area (Å²) in [7, 11) is 0. The molecule has 0 aliphatic heterocycles. The quantitative estimate of drug-likeness (QED) is 0.369. The smallest absolute Gasteiger partial charge is 0.240 e. The molecule has 0 N–H and O–H groups in total. The number of nitrogens with zero attached hydrogens (tertiary/aromatic N) is 2. The molecule has 1 radical (unpaired) electrons. The Balaban J connectivity index is 1.54. The number of fused-ring (bicyclic) bond motifs is 1. The molecule has 6 heteroatoms. The number of benzene rings is 3. The highest BCUT2D eigenvalue weighted by molar-refractivity contribution is 7.98. The van der Waals surface area contributed by atoms with Gasteiger partial charge in [-0.25, -0.2) is 4.68 Å². The van der Waals surface area contributed by atoms with Gasteiger partial charge in [-0.15, -0.1) is 11.8 Å². The Morgan fingerprint density at radius 1 is 1.04 bits per heavy atom. The van der Waals surface area contributed by atoms with Crippen molar-refractivity contribution in [1.82, 2.24) is 9.78 Å². The fourth-order valence-corrected chi connectivity index (χ4v) is 3.80. The van der Waals surface area contributed by atoms with Crippen LogP contribution in [0.5, 0.6) is 0 Å². The second-order valence-corrected chi connectivity index (χ2v) is 7.52. The number of rotatable bonds is 4. The van der Waals surface area contributed by atoms with Crippen molar-refractivity contribution in [2.45, 2.75) is 23.7 Å². The predicted octanol–water partition coefficient (Wildman–Crippen LogP) is 6.45. The van der Waals surface area contributed by atoms with Gasteiger partial charge in [0.15, 0.2) is 0 Å². The van der Waals surface area contributed by atoms with Gasteiger partial charge in [-0.3, -0.25) is 0 Å². The Hall–Kier alpha value is -2.73. The van der Waals surface area contributed by atoms with Crippen molar-refractivity contribution in [1.29, 1.82) is 0 Å². The minimum absolute atomic E-state index is 0.592. The highest BCUT2D eigenvalue weighted by atomic mass is 32.2. The molecule has 28 heavy (non-hydrogen) atoms. The molecule has 0 spiro atoms. The predicted molar refractivity (Wildman–Crippen MR) is 106 cm³/mol. The van der Waals surface area contributed by atoms with Gasteiger partial charge in [0.05, 0.1) is 16.8 Å². The number of halogens is 3. The van der Waals surface area contributed by atoms with Crippen molar-refractivity contribution >= 4 is 22.7 Å². The molecule has 141 valence electrons. The molecule has 0 unspecified atom stereocenters. The first-order valence-electron chi connectivity index (χ1n) is 8.66. The van der Waals surface area contributed by atoms with E-state index in [4.69, 9.17) is 0 Å². The molecule has 4 rings (SSSR count). The molecule has 1 heterocycles. The fourth-order valence-electron chi connectivity index (χ4n) is 2.89. The molecule has 0 bridgehead atoms. The van der Waals surface area contributed by atoms with Crippen LogP contribution in [0.1, 0.15) is 16.7 Å². The second kappa shape index (κ2) is 7.36. The van der Waals surface area contributed by atoms with E-state index < -0.39 is 11.7 Å². The van der Waals surface area contributed by atoms with E-state index in [2.05, 4.69) is 11.2 Å². The minimum Gasteiger partial charge on any atom is -0.240 e. The Labute approximate surface area is 165 Å². The van der Waals surface area contributed by atoms with Gasteiger partial charge < -0.3 is 0 Å². The molecule has 2 nitrogen and oxygen atoms in total. The standard InChI is InChI=1S/C22H16F3N2S/c1-15-3-2-4-20(11-15)28-14-16-5-6-17-13-27(26-21(17)12-16)19-9-7-18(8-10-19)22(23,24)25/h2-10,12-13H,14H2,1H3. The first-order valence-corrected chi connectivity index (χ1v) is 9.65. The molecule has 0 aliphatic rings. The maximum atomic E-state index is 12.7. The number of hydrogen-bond donors (Lipinski definition) is 0. The number of aromatic nitrogens is 2. The largest absolute Gasteiger partial charge is 0.416 e. The summed E-state index contributed by atoms with van der Waals surface area (Å²) in [5.74, 6) is 0.795. The van der Waals surface area contributed by atoms with E-state index in [1.807, 2.05) is 49.5 Å². The second-order valence-electron chi connectivity index (χ2n) is 6.50. The molecule has 0 saturated heterocycles. The minimum atomic E-state index is -4.34. The molecule has 0 amide bonds. The number of alkyl halides is 3. The van der Waals surface area contributed by atoms with Gasteiger partial charge >= 0.3 is 6.18 Å². The van der Waals surface area contributed by atoms with Crippen LogP contribution in [0.3, 0.4) is 0 Å². The summed E-state index contributed by atoms with van der Waals surface area (Å²) in [5, 5.41) is 5.46. The third-order valence-electron chi connectivity index (χ3n) is 4.34. The molecule has 1 aromatic heterocycles. The van der Waals surface area contributed by atoms with E-state index in [9.17, 15) is 13.2 Å². The van der Waals surface area contributed by atoms with E-state index in [0.29, 0.717) is 5.69 Å². The van der Waals surface area contributed by atoms with Crippen molar-refractivity contribution in [2.75, 3.05) is 0 Å². The van der Waals surface area contributed by atoms with Gasteiger partial charge in [0.1, 0.15) is 0 Å². The summed E-state index contributed by atoms with van der Waals surface area (Å²) in [5.41, 5.74) is 2.97. The number of thioether (sulfide) groups is 1. The molecule has 0 saturated carbocycles. The fraction of sp³-hybridized carbons (Fsp3) is 0.136. The van der Waals surface area contributed by atoms with Crippen molar-refractivity contribution < 1.29 is 13.2 Å². The highest BCUT2D eigenvalue weighted by Crippen LogP contribution is 2.30. The molecule has 4 aromatic rings. The lowest BCUT2D eigenvalue weighted by Gasteiger charge is -2.07. The molecular weight excluding hydrogens is 381 g/mol. The first-order chi connectivity index (χ1) is 13.4. The molecule has 3 aromatic carbocycles. The SMILES string of the molecule is Cc1[c]c(SCc2ccc3cn(-c4ccc(C(F)(F)F)cc4)nc3c2)ccc1. The van der Waals surface area contributed by atoms with Gasteiger partial charge in [0.2, 0.25) is 0 Å². The Morgan fingerprint density at radius 3 is 2.54 bits per heavy atom. The van der Waals surface area contributed by atoms with Crippen LogP contribution in [0.15, 0.2) is 71.8 Å². The molecule has 0 aliphatic carbocycles. The van der Waals surface area contributed by atoms with Crippen LogP contribution in [0.4, 0.5) is 13.2 Å². The summed E-state index contributed by atoms with van der Waals surface area (Å²) in [4.78, 5) is 1.09. The van der Waals surface area contributed by atoms with Crippen LogP contribution in [0, 0.1) is 13.0 Å². The normalized spacial score (nSPS) is 11.9. The van der Waals surface area contributed by atoms with E-state index in [1.54, 1.807) is 16.4 Å². The summed E-state index contributed by atoms with van der Waals surface area (Å²) in [6, 6.07) is 20.4. The summed E-state index contributed by atoms with van der Waals surface area (Å²) >= 11 is 1.71. The summed E-state index contributed by atoms with van der Waals surface area (Å²) in [6.07, 6.45) is -2.52.